The number of aliphatic carboxylic acids is 1. The van der Waals surface area contributed by atoms with Gasteiger partial charge in [-0.3, -0.25) is 4.68 Å². The average molecular weight is 720 g/mol. The zero-order valence-electron chi connectivity index (χ0n) is 26.6. The number of aromatic nitrogens is 4. The molecule has 0 aliphatic heterocycles. The number of nitrogens with zero attached hydrogens (tertiary/aromatic N) is 4. The van der Waals surface area contributed by atoms with Gasteiger partial charge in [0.1, 0.15) is 35.1 Å². The highest BCUT2D eigenvalue weighted by molar-refractivity contribution is 7.22. The fourth-order valence-electron chi connectivity index (χ4n) is 5.40. The van der Waals surface area contributed by atoms with Crippen LogP contribution in [0.15, 0.2) is 55.0 Å². The summed E-state index contributed by atoms with van der Waals surface area (Å²) >= 11 is 8.19. The fourth-order valence-corrected chi connectivity index (χ4v) is 6.86. The molecule has 2 aromatic carbocycles. The van der Waals surface area contributed by atoms with Gasteiger partial charge in [-0.25, -0.2) is 19.2 Å². The minimum Gasteiger partial charge on any atom is -0.487 e. The van der Waals surface area contributed by atoms with Crippen molar-refractivity contribution in [3.05, 3.63) is 82.6 Å². The summed E-state index contributed by atoms with van der Waals surface area (Å²) in [6, 6.07) is 11.8. The molecule has 0 bridgehead atoms. The van der Waals surface area contributed by atoms with Gasteiger partial charge in [0.15, 0.2) is 0 Å². The maximum absolute atomic E-state index is 13.5. The number of carboxylic acid groups (broad SMARTS) is 1. The van der Waals surface area contributed by atoms with E-state index < -0.39 is 18.2 Å². The Kier molecular flexibility index (Phi) is 11.4. The summed E-state index contributed by atoms with van der Waals surface area (Å²) in [6.07, 6.45) is 2.73. The van der Waals surface area contributed by atoms with E-state index in [1.807, 2.05) is 10.7 Å². The van der Waals surface area contributed by atoms with E-state index in [1.165, 1.54) is 17.7 Å². The van der Waals surface area contributed by atoms with Crippen molar-refractivity contribution >= 4 is 50.6 Å². The van der Waals surface area contributed by atoms with Crippen LogP contribution in [0.5, 0.6) is 5.75 Å². The summed E-state index contributed by atoms with van der Waals surface area (Å²) in [5.74, 6) is -1.18. The summed E-state index contributed by atoms with van der Waals surface area (Å²) in [5, 5.41) is 27.4. The van der Waals surface area contributed by atoms with Crippen molar-refractivity contribution in [1.29, 1.82) is 0 Å². The van der Waals surface area contributed by atoms with Crippen molar-refractivity contribution in [2.75, 3.05) is 5.32 Å². The Hall–Kier alpha value is -4.27. The summed E-state index contributed by atoms with van der Waals surface area (Å²) in [5.41, 5.74) is 4.89. The molecule has 15 heteroatoms. The lowest BCUT2D eigenvalue weighted by molar-refractivity contribution is -0.192. The summed E-state index contributed by atoms with van der Waals surface area (Å²) < 4.78 is 53.0. The highest BCUT2D eigenvalue weighted by atomic mass is 35.5. The molecule has 0 unspecified atom stereocenters. The number of hydrogen-bond donors (Lipinski definition) is 3. The third kappa shape index (κ3) is 9.25. The van der Waals surface area contributed by atoms with Gasteiger partial charge in [0.2, 0.25) is 0 Å². The summed E-state index contributed by atoms with van der Waals surface area (Å²) in [4.78, 5) is 20.1. The molecule has 3 heterocycles. The van der Waals surface area contributed by atoms with E-state index in [1.54, 1.807) is 41.9 Å². The Bertz CT molecular complexity index is 1930. The Morgan fingerprint density at radius 2 is 1.92 bits per heavy atom. The number of alkyl halides is 3. The standard InChI is InChI=1S/C32H33ClFN5O2S.C2HF3O2/c1-19(2)5-3-8-23(40)15-39-16-25-27(38-39)11-10-24-29-31(35-18-36-32(29)42-30(24)25)37-22-9-12-28(26(33)14-22)41-17-20-6-4-7-21(34)13-20;3-2(4,5)1(6)7/h4,6-7,9,12-14,16,18-19,23,40H,3,5,8,10-11,15,17H2,1-2H3,(H,35,36,37);(H,6,7)/t23-;/m1./s1. The topological polar surface area (TPSA) is 122 Å². The van der Waals surface area contributed by atoms with Crippen molar-refractivity contribution in [1.82, 2.24) is 19.7 Å². The van der Waals surface area contributed by atoms with Gasteiger partial charge in [-0.2, -0.15) is 18.3 Å². The van der Waals surface area contributed by atoms with Crippen LogP contribution in [0.2, 0.25) is 5.02 Å². The zero-order valence-corrected chi connectivity index (χ0v) is 28.2. The zero-order chi connectivity index (χ0) is 35.3. The Morgan fingerprint density at radius 3 is 2.61 bits per heavy atom. The van der Waals surface area contributed by atoms with E-state index in [2.05, 4.69) is 35.3 Å². The second-order valence-corrected chi connectivity index (χ2v) is 13.4. The highest BCUT2D eigenvalue weighted by Gasteiger charge is 2.38. The van der Waals surface area contributed by atoms with Crippen LogP contribution in [0.4, 0.5) is 29.1 Å². The van der Waals surface area contributed by atoms with Crippen molar-refractivity contribution in [2.24, 2.45) is 5.92 Å². The Morgan fingerprint density at radius 1 is 1.14 bits per heavy atom. The van der Waals surface area contributed by atoms with Gasteiger partial charge < -0.3 is 20.3 Å². The number of anilines is 2. The number of thiophene rings is 1. The molecule has 6 rings (SSSR count). The molecular formula is C34H34ClF4N5O4S. The second kappa shape index (κ2) is 15.5. The fraction of sp³-hybridized carbons (Fsp3) is 0.353. The first kappa shape index (κ1) is 36.0. The smallest absolute Gasteiger partial charge is 0.487 e. The molecule has 5 aromatic rings. The van der Waals surface area contributed by atoms with Crippen molar-refractivity contribution in [2.45, 2.75) is 71.4 Å². The Labute approximate surface area is 288 Å². The van der Waals surface area contributed by atoms with Crippen LogP contribution in [-0.2, 0) is 30.8 Å². The van der Waals surface area contributed by atoms with E-state index in [4.69, 9.17) is 31.3 Å². The molecule has 1 aliphatic rings. The third-order valence-electron chi connectivity index (χ3n) is 7.72. The number of hydrogen-bond acceptors (Lipinski definition) is 8. The van der Waals surface area contributed by atoms with Crippen LogP contribution in [0, 0.1) is 11.7 Å². The lowest BCUT2D eigenvalue weighted by Gasteiger charge is -2.13. The normalized spacial score (nSPS) is 13.0. The van der Waals surface area contributed by atoms with Gasteiger partial charge >= 0.3 is 12.1 Å². The minimum absolute atomic E-state index is 0.216. The van der Waals surface area contributed by atoms with E-state index >= 15 is 0 Å². The first-order valence-corrected chi connectivity index (χ1v) is 16.7. The summed E-state index contributed by atoms with van der Waals surface area (Å²) in [7, 11) is 0. The van der Waals surface area contributed by atoms with Crippen LogP contribution >= 0.6 is 22.9 Å². The quantitative estimate of drug-likeness (QED) is 0.116. The van der Waals surface area contributed by atoms with Gasteiger partial charge in [0, 0.05) is 22.3 Å². The summed E-state index contributed by atoms with van der Waals surface area (Å²) in [6.45, 7) is 5.13. The maximum Gasteiger partial charge on any atom is 0.490 e. The molecular weight excluding hydrogens is 686 g/mol. The first-order chi connectivity index (χ1) is 23.3. The van der Waals surface area contributed by atoms with Gasteiger partial charge in [-0.15, -0.1) is 11.3 Å². The van der Waals surface area contributed by atoms with Gasteiger partial charge in [-0.1, -0.05) is 50.4 Å². The number of carbonyl (C=O) groups is 1. The van der Waals surface area contributed by atoms with Gasteiger partial charge in [0.05, 0.1) is 28.8 Å². The minimum atomic E-state index is -5.08. The van der Waals surface area contributed by atoms with E-state index in [0.717, 1.165) is 75.5 Å². The number of carboxylic acids is 1. The number of aliphatic hydroxyl groups is 1. The van der Waals surface area contributed by atoms with Gasteiger partial charge in [0.25, 0.3) is 0 Å². The van der Waals surface area contributed by atoms with Crippen molar-refractivity contribution in [3.8, 4) is 16.2 Å². The molecule has 3 aromatic heterocycles. The predicted octanol–water partition coefficient (Wildman–Crippen LogP) is 8.59. The van der Waals surface area contributed by atoms with Crippen molar-refractivity contribution in [3.63, 3.8) is 0 Å². The largest absolute Gasteiger partial charge is 0.490 e. The number of fused-ring (bicyclic) bond motifs is 5. The third-order valence-corrected chi connectivity index (χ3v) is 9.19. The van der Waals surface area contributed by atoms with Crippen molar-refractivity contribution < 1.29 is 37.3 Å². The number of aliphatic hydroxyl groups excluding tert-OH is 1. The number of rotatable bonds is 11. The van der Waals surface area contributed by atoms with Gasteiger partial charge in [-0.05, 0) is 66.6 Å². The Balaban J connectivity index is 0.000000606. The maximum atomic E-state index is 13.5. The molecule has 0 amide bonds. The molecule has 9 nitrogen and oxygen atoms in total. The van der Waals surface area contributed by atoms with E-state index in [-0.39, 0.29) is 12.4 Å². The monoisotopic (exact) mass is 719 g/mol. The van der Waals surface area contributed by atoms with E-state index in [9.17, 15) is 22.7 Å². The van der Waals surface area contributed by atoms with Crippen LogP contribution in [0.1, 0.15) is 49.9 Å². The van der Waals surface area contributed by atoms with Crippen LogP contribution in [0.25, 0.3) is 20.7 Å². The number of benzene rings is 2. The average Bonchev–Trinajstić information content (AvgIpc) is 3.62. The SMILES string of the molecule is CC(C)CCC[C@@H](O)Cn1cc2c(n1)CCc1c-2sc2ncnc(Nc3ccc(OCc4cccc(F)c4)c(Cl)c3)c12.O=C(O)C(F)(F)F. The molecule has 0 saturated heterocycles. The number of halogens is 5. The predicted molar refractivity (Wildman–Crippen MR) is 180 cm³/mol. The second-order valence-electron chi connectivity index (χ2n) is 12.0. The van der Waals surface area contributed by atoms with E-state index in [0.29, 0.717) is 23.2 Å². The number of nitrogens with one attached hydrogen (secondary N) is 1. The molecule has 1 aliphatic carbocycles. The molecule has 0 saturated carbocycles. The van der Waals surface area contributed by atoms with Crippen LogP contribution in [-0.4, -0.2) is 48.2 Å². The van der Waals surface area contributed by atoms with Crippen LogP contribution < -0.4 is 10.1 Å². The molecule has 0 radical (unpaired) electrons. The molecule has 260 valence electrons. The molecule has 0 fully saturated rings. The number of ether oxygens (including phenoxy) is 1. The lowest BCUT2D eigenvalue weighted by atomic mass is 9.95. The molecule has 1 atom stereocenters. The highest BCUT2D eigenvalue weighted by Crippen LogP contribution is 2.45. The first-order valence-electron chi connectivity index (χ1n) is 15.5. The molecule has 0 spiro atoms. The van der Waals surface area contributed by atoms with Crippen LogP contribution in [0.3, 0.4) is 0 Å². The lowest BCUT2D eigenvalue weighted by Crippen LogP contribution is -2.21. The molecule has 3 N–H and O–H groups in total. The molecule has 49 heavy (non-hydrogen) atoms. The number of aryl methyl sites for hydroxylation is 2.